The van der Waals surface area contributed by atoms with Gasteiger partial charge in [0.25, 0.3) is 5.56 Å². The van der Waals surface area contributed by atoms with E-state index in [0.717, 1.165) is 10.7 Å². The molecule has 5 rings (SSSR count). The third-order valence-electron chi connectivity index (χ3n) is 5.02. The summed E-state index contributed by atoms with van der Waals surface area (Å²) < 4.78 is 25.9. The van der Waals surface area contributed by atoms with Crippen LogP contribution in [0, 0.1) is 5.82 Å². The molecule has 170 valence electrons. The maximum atomic E-state index is 13.4. The molecule has 4 heterocycles. The molecule has 9 nitrogen and oxygen atoms in total. The molecule has 1 fully saturated rings. The minimum atomic E-state index is -0.597. The molecule has 0 saturated carbocycles. The normalized spacial score (nSPS) is 14.1. The van der Waals surface area contributed by atoms with Crippen LogP contribution in [0.2, 0.25) is 5.02 Å². The standard InChI is InChI=1S/C21H17ClFN5O4S/c22-13-10-12(3-4-14(13)23)24-16(29)11-28-20(30)18-19(17(26-28)15-2-1-7-32-15)33-21(25-18)27-5-8-31-9-6-27/h1-4,7,10H,5-6,8-9,11H2,(H,24,29). The van der Waals surface area contributed by atoms with Gasteiger partial charge in [-0.05, 0) is 30.3 Å². The van der Waals surface area contributed by atoms with Crippen molar-refractivity contribution in [1.29, 1.82) is 0 Å². The molecule has 33 heavy (non-hydrogen) atoms. The molecule has 12 heteroatoms. The summed E-state index contributed by atoms with van der Waals surface area (Å²) in [4.78, 5) is 32.4. The smallest absolute Gasteiger partial charge is 0.294 e. The maximum absolute atomic E-state index is 13.4. The molecule has 0 bridgehead atoms. The lowest BCUT2D eigenvalue weighted by atomic mass is 10.3. The van der Waals surface area contributed by atoms with Gasteiger partial charge < -0.3 is 19.4 Å². The molecule has 1 N–H and O–H groups in total. The Morgan fingerprint density at radius 1 is 1.27 bits per heavy atom. The van der Waals surface area contributed by atoms with E-state index in [9.17, 15) is 14.0 Å². The number of thiazole rings is 1. The number of morpholine rings is 1. The van der Waals surface area contributed by atoms with Crippen molar-refractivity contribution in [1.82, 2.24) is 14.8 Å². The average Bonchev–Trinajstić information content (AvgIpc) is 3.50. The predicted molar refractivity (Wildman–Crippen MR) is 122 cm³/mol. The Labute approximate surface area is 195 Å². The number of nitrogens with one attached hydrogen (secondary N) is 1. The monoisotopic (exact) mass is 489 g/mol. The van der Waals surface area contributed by atoms with Crippen LogP contribution in [-0.2, 0) is 16.1 Å². The lowest BCUT2D eigenvalue weighted by molar-refractivity contribution is -0.117. The first kappa shape index (κ1) is 21.6. The summed E-state index contributed by atoms with van der Waals surface area (Å²) in [7, 11) is 0. The van der Waals surface area contributed by atoms with Crippen LogP contribution in [0.5, 0.6) is 0 Å². The van der Waals surface area contributed by atoms with E-state index in [4.69, 9.17) is 20.8 Å². The molecular weight excluding hydrogens is 473 g/mol. The van der Waals surface area contributed by atoms with Crippen molar-refractivity contribution in [3.63, 3.8) is 0 Å². The van der Waals surface area contributed by atoms with Crippen molar-refractivity contribution in [2.75, 3.05) is 36.5 Å². The minimum Gasteiger partial charge on any atom is -0.463 e. The van der Waals surface area contributed by atoms with Crippen molar-refractivity contribution in [3.05, 3.63) is 57.8 Å². The molecule has 3 aromatic heterocycles. The number of nitrogens with zero attached hydrogens (tertiary/aromatic N) is 4. The van der Waals surface area contributed by atoms with Crippen LogP contribution in [0.15, 0.2) is 45.8 Å². The van der Waals surface area contributed by atoms with Crippen molar-refractivity contribution in [2.24, 2.45) is 0 Å². The van der Waals surface area contributed by atoms with Gasteiger partial charge in [-0.3, -0.25) is 9.59 Å². The molecule has 0 spiro atoms. The molecule has 1 aromatic carbocycles. The van der Waals surface area contributed by atoms with Gasteiger partial charge in [-0.15, -0.1) is 0 Å². The van der Waals surface area contributed by atoms with Gasteiger partial charge in [0.15, 0.2) is 16.4 Å². The SMILES string of the molecule is O=C(Cn1nc(-c2ccco2)c2sc(N3CCOCC3)nc2c1=O)Nc1ccc(F)c(Cl)c1. The van der Waals surface area contributed by atoms with Crippen LogP contribution in [0.1, 0.15) is 0 Å². The van der Waals surface area contributed by atoms with Crippen molar-refractivity contribution in [2.45, 2.75) is 6.54 Å². The van der Waals surface area contributed by atoms with Crippen molar-refractivity contribution < 1.29 is 18.3 Å². The zero-order valence-electron chi connectivity index (χ0n) is 17.1. The number of amides is 1. The topological polar surface area (TPSA) is 102 Å². The number of hydrogen-bond acceptors (Lipinski definition) is 8. The highest BCUT2D eigenvalue weighted by Gasteiger charge is 2.23. The molecule has 1 aliphatic heterocycles. The Hall–Kier alpha value is -3.28. The number of halogens is 2. The van der Waals surface area contributed by atoms with Crippen LogP contribution in [-0.4, -0.2) is 47.0 Å². The molecule has 0 unspecified atom stereocenters. The van der Waals surface area contributed by atoms with E-state index >= 15 is 0 Å². The number of ether oxygens (including phenoxy) is 1. The summed E-state index contributed by atoms with van der Waals surface area (Å²) in [5.41, 5.74) is 0.433. The summed E-state index contributed by atoms with van der Waals surface area (Å²) in [5.74, 6) is -0.669. The third-order valence-corrected chi connectivity index (χ3v) is 6.43. The van der Waals surface area contributed by atoms with E-state index in [1.54, 1.807) is 12.1 Å². The highest BCUT2D eigenvalue weighted by molar-refractivity contribution is 7.22. The first-order valence-corrected chi connectivity index (χ1v) is 11.2. The van der Waals surface area contributed by atoms with E-state index in [1.807, 2.05) is 0 Å². The first-order valence-electron chi connectivity index (χ1n) is 10.0. The highest BCUT2D eigenvalue weighted by atomic mass is 35.5. The number of carbonyl (C=O) groups excluding carboxylic acids is 1. The van der Waals surface area contributed by atoms with Crippen molar-refractivity contribution >= 4 is 49.9 Å². The summed E-state index contributed by atoms with van der Waals surface area (Å²) in [6, 6.07) is 7.25. The fourth-order valence-corrected chi connectivity index (χ4v) is 4.71. The number of furan rings is 1. The number of carbonyl (C=O) groups is 1. The van der Waals surface area contributed by atoms with Gasteiger partial charge in [-0.1, -0.05) is 22.9 Å². The lowest BCUT2D eigenvalue weighted by Gasteiger charge is -2.25. The maximum Gasteiger partial charge on any atom is 0.294 e. The predicted octanol–water partition coefficient (Wildman–Crippen LogP) is 3.38. The summed E-state index contributed by atoms with van der Waals surface area (Å²) in [5, 5.41) is 7.56. The molecule has 1 saturated heterocycles. The van der Waals surface area contributed by atoms with Crippen LogP contribution in [0.4, 0.5) is 15.2 Å². The number of fused-ring (bicyclic) bond motifs is 1. The second kappa shape index (κ2) is 8.93. The number of rotatable bonds is 5. The van der Waals surface area contributed by atoms with E-state index < -0.39 is 17.3 Å². The number of anilines is 2. The van der Waals surface area contributed by atoms with E-state index in [0.29, 0.717) is 53.3 Å². The van der Waals surface area contributed by atoms with Gasteiger partial charge in [0.1, 0.15) is 18.1 Å². The fourth-order valence-electron chi connectivity index (χ4n) is 3.43. The lowest BCUT2D eigenvalue weighted by Crippen LogP contribution is -2.36. The van der Waals surface area contributed by atoms with Gasteiger partial charge in [0.2, 0.25) is 5.91 Å². The van der Waals surface area contributed by atoms with Crippen molar-refractivity contribution in [3.8, 4) is 11.5 Å². The average molecular weight is 490 g/mol. The summed E-state index contributed by atoms with van der Waals surface area (Å²) in [6.07, 6.45) is 1.51. The molecule has 1 aliphatic rings. The van der Waals surface area contributed by atoms with E-state index in [-0.39, 0.29) is 17.1 Å². The van der Waals surface area contributed by atoms with Gasteiger partial charge >= 0.3 is 0 Å². The largest absolute Gasteiger partial charge is 0.463 e. The van der Waals surface area contributed by atoms with Crippen LogP contribution in [0.3, 0.4) is 0 Å². The van der Waals surface area contributed by atoms with Gasteiger partial charge in [0, 0.05) is 18.8 Å². The Bertz CT molecular complexity index is 1380. The Balaban J connectivity index is 1.51. The number of aromatic nitrogens is 3. The quantitative estimate of drug-likeness (QED) is 0.458. The Morgan fingerprint density at radius 2 is 2.09 bits per heavy atom. The zero-order chi connectivity index (χ0) is 22.9. The van der Waals surface area contributed by atoms with Crippen LogP contribution in [0.25, 0.3) is 21.7 Å². The Kier molecular flexibility index (Phi) is 5.83. The highest BCUT2D eigenvalue weighted by Crippen LogP contribution is 2.34. The third kappa shape index (κ3) is 4.34. The zero-order valence-corrected chi connectivity index (χ0v) is 18.7. The second-order valence-corrected chi connectivity index (χ2v) is 8.62. The van der Waals surface area contributed by atoms with E-state index in [1.165, 1.54) is 29.7 Å². The molecular formula is C21H17ClFN5O4S. The second-order valence-electron chi connectivity index (χ2n) is 7.24. The number of benzene rings is 1. The van der Waals surface area contributed by atoms with Gasteiger partial charge in [-0.25, -0.2) is 14.1 Å². The first-order chi connectivity index (χ1) is 16.0. The summed E-state index contributed by atoms with van der Waals surface area (Å²) in [6.45, 7) is 2.12. The molecule has 0 aliphatic carbocycles. The number of hydrogen-bond donors (Lipinski definition) is 1. The minimum absolute atomic E-state index is 0.122. The van der Waals surface area contributed by atoms with Crippen LogP contribution < -0.4 is 15.8 Å². The van der Waals surface area contributed by atoms with E-state index in [2.05, 4.69) is 20.3 Å². The molecule has 4 aromatic rings. The molecule has 1 amide bonds. The van der Waals surface area contributed by atoms with Gasteiger partial charge in [-0.2, -0.15) is 5.10 Å². The molecule has 0 radical (unpaired) electrons. The van der Waals surface area contributed by atoms with Crippen LogP contribution >= 0.6 is 22.9 Å². The summed E-state index contributed by atoms with van der Waals surface area (Å²) >= 11 is 7.12. The Morgan fingerprint density at radius 3 is 2.82 bits per heavy atom. The fraction of sp³-hybridized carbons (Fsp3) is 0.238. The molecule has 0 atom stereocenters. The van der Waals surface area contributed by atoms with Gasteiger partial charge in [0.05, 0.1) is 29.2 Å².